The summed E-state index contributed by atoms with van der Waals surface area (Å²) < 4.78 is 7.29. The molecule has 8 nitrogen and oxygen atoms in total. The molecule has 1 saturated heterocycles. The molecule has 0 radical (unpaired) electrons. The van der Waals surface area contributed by atoms with E-state index in [2.05, 4.69) is 26.5 Å². The summed E-state index contributed by atoms with van der Waals surface area (Å²) in [6.45, 7) is 4.34. The van der Waals surface area contributed by atoms with Crippen molar-refractivity contribution in [2.24, 2.45) is 17.8 Å². The molecule has 2 atom stereocenters. The van der Waals surface area contributed by atoms with Crippen LogP contribution < -0.4 is 10.7 Å². The number of fused-ring (bicyclic) bond motifs is 2. The highest BCUT2D eigenvalue weighted by Gasteiger charge is 2.38. The Labute approximate surface area is 232 Å². The van der Waals surface area contributed by atoms with E-state index in [1.165, 1.54) is 57.8 Å². The predicted octanol–water partition coefficient (Wildman–Crippen LogP) is 6.69. The first-order valence-electron chi connectivity index (χ1n) is 14.5. The second-order valence-electron chi connectivity index (χ2n) is 11.9. The third-order valence-corrected chi connectivity index (χ3v) is 9.55. The maximum atomic E-state index is 11.8. The Morgan fingerprint density at radius 1 is 1.05 bits per heavy atom. The van der Waals surface area contributed by atoms with Crippen LogP contribution in [0.5, 0.6) is 0 Å². The quantitative estimate of drug-likeness (QED) is 0.300. The van der Waals surface area contributed by atoms with E-state index in [4.69, 9.17) is 26.1 Å². The first-order chi connectivity index (χ1) is 19.0. The number of nitrogens with zero attached hydrogens (tertiary/aromatic N) is 5. The molecule has 204 valence electrons. The molecule has 3 aromatic heterocycles. The minimum absolute atomic E-state index is 0.302. The number of anilines is 1. The van der Waals surface area contributed by atoms with Crippen molar-refractivity contribution in [1.82, 2.24) is 24.7 Å². The molecule has 3 aliphatic rings. The Balaban J connectivity index is 1.44. The Morgan fingerprint density at radius 2 is 1.90 bits per heavy atom. The standard InChI is InChI=1S/C30H35ClN6O2/c1-18-10-12-19(13-11-18)17-37-27-23(33-29(37)36-14-4-7-20-5-3-9-25(20)36)16-24(28-34-30(38)39-35-28)32-26(27)21-6-2-8-22(31)15-21/h2,6,8,15-16,18-20,25H,3-5,7,9-14,17H2,1H3,(H,34,35,38). The number of imidazole rings is 1. The van der Waals surface area contributed by atoms with Crippen LogP contribution in [-0.4, -0.2) is 37.3 Å². The molecule has 1 N–H and O–H groups in total. The van der Waals surface area contributed by atoms with E-state index in [-0.39, 0.29) is 0 Å². The van der Waals surface area contributed by atoms with Crippen LogP contribution in [-0.2, 0) is 6.54 Å². The zero-order valence-electron chi connectivity index (χ0n) is 22.4. The number of hydrogen-bond acceptors (Lipinski definition) is 6. The summed E-state index contributed by atoms with van der Waals surface area (Å²) in [5.41, 5.74) is 4.14. The summed E-state index contributed by atoms with van der Waals surface area (Å²) in [4.78, 5) is 27.5. The summed E-state index contributed by atoms with van der Waals surface area (Å²) in [6, 6.07) is 10.3. The topological polar surface area (TPSA) is 92.8 Å². The summed E-state index contributed by atoms with van der Waals surface area (Å²) in [5.74, 6) is 2.93. The number of H-pyrrole nitrogens is 1. The van der Waals surface area contributed by atoms with Crippen LogP contribution in [0.1, 0.15) is 64.7 Å². The van der Waals surface area contributed by atoms with Gasteiger partial charge in [0.15, 0.2) is 0 Å². The average molecular weight is 547 g/mol. The molecule has 2 aliphatic carbocycles. The zero-order chi connectivity index (χ0) is 26.5. The lowest BCUT2D eigenvalue weighted by molar-refractivity contribution is 0.265. The van der Waals surface area contributed by atoms with Crippen LogP contribution in [0.25, 0.3) is 33.8 Å². The monoisotopic (exact) mass is 546 g/mol. The summed E-state index contributed by atoms with van der Waals surface area (Å²) in [7, 11) is 0. The van der Waals surface area contributed by atoms with Gasteiger partial charge in [0.2, 0.25) is 11.8 Å². The Morgan fingerprint density at radius 3 is 2.69 bits per heavy atom. The second-order valence-corrected chi connectivity index (χ2v) is 12.4. The first-order valence-corrected chi connectivity index (χ1v) is 14.9. The highest BCUT2D eigenvalue weighted by molar-refractivity contribution is 6.30. The third-order valence-electron chi connectivity index (χ3n) is 9.31. The molecule has 7 rings (SSSR count). The second kappa shape index (κ2) is 10.1. The van der Waals surface area contributed by atoms with Gasteiger partial charge in [0.05, 0.1) is 16.7 Å². The summed E-state index contributed by atoms with van der Waals surface area (Å²) in [6.07, 6.45) is 11.4. The van der Waals surface area contributed by atoms with Gasteiger partial charge in [-0.05, 0) is 74.5 Å². The molecule has 3 fully saturated rings. The van der Waals surface area contributed by atoms with Crippen molar-refractivity contribution in [3.63, 3.8) is 0 Å². The van der Waals surface area contributed by atoms with Crippen molar-refractivity contribution in [2.75, 3.05) is 11.4 Å². The molecule has 2 saturated carbocycles. The molecular weight excluding hydrogens is 512 g/mol. The van der Waals surface area contributed by atoms with Crippen LogP contribution in [0.2, 0.25) is 5.02 Å². The molecule has 1 aromatic carbocycles. The minimum atomic E-state index is -0.602. The molecule has 2 unspecified atom stereocenters. The lowest BCUT2D eigenvalue weighted by Crippen LogP contribution is -2.44. The van der Waals surface area contributed by atoms with Crippen molar-refractivity contribution < 1.29 is 4.52 Å². The molecule has 39 heavy (non-hydrogen) atoms. The number of pyridine rings is 1. The van der Waals surface area contributed by atoms with Crippen LogP contribution >= 0.6 is 11.6 Å². The number of halogens is 1. The summed E-state index contributed by atoms with van der Waals surface area (Å²) in [5, 5.41) is 4.58. The molecule has 1 aliphatic heterocycles. The van der Waals surface area contributed by atoms with Gasteiger partial charge in [0.25, 0.3) is 0 Å². The molecule has 0 bridgehead atoms. The third kappa shape index (κ3) is 4.66. The fraction of sp³-hybridized carbons (Fsp3) is 0.533. The fourth-order valence-electron chi connectivity index (χ4n) is 7.31. The molecule has 4 heterocycles. The zero-order valence-corrected chi connectivity index (χ0v) is 23.2. The minimum Gasteiger partial charge on any atom is -0.339 e. The largest absolute Gasteiger partial charge is 0.439 e. The normalized spacial score (nSPS) is 25.3. The van der Waals surface area contributed by atoms with Crippen molar-refractivity contribution in [3.05, 3.63) is 45.9 Å². The van der Waals surface area contributed by atoms with Gasteiger partial charge in [-0.1, -0.05) is 55.1 Å². The van der Waals surface area contributed by atoms with Crippen LogP contribution in [0.15, 0.2) is 39.6 Å². The van der Waals surface area contributed by atoms with E-state index in [0.717, 1.165) is 53.2 Å². The van der Waals surface area contributed by atoms with Crippen molar-refractivity contribution >= 4 is 28.6 Å². The SMILES string of the molecule is CC1CCC(Cn2c(N3CCCC4CCCC43)nc3cc(-c4noc(=O)[nH]4)nc(-c4cccc(Cl)c4)c32)CC1. The highest BCUT2D eigenvalue weighted by atomic mass is 35.5. The Kier molecular flexibility index (Phi) is 6.46. The maximum absolute atomic E-state index is 11.8. The van der Waals surface area contributed by atoms with E-state index in [1.54, 1.807) is 0 Å². The molecular formula is C30H35ClN6O2. The van der Waals surface area contributed by atoms with E-state index < -0.39 is 5.76 Å². The smallest absolute Gasteiger partial charge is 0.339 e. The van der Waals surface area contributed by atoms with Crippen molar-refractivity contribution in [1.29, 1.82) is 0 Å². The number of nitrogens with one attached hydrogen (secondary N) is 1. The van der Waals surface area contributed by atoms with Crippen LogP contribution in [0.3, 0.4) is 0 Å². The molecule has 0 spiro atoms. The number of aromatic nitrogens is 5. The van der Waals surface area contributed by atoms with Gasteiger partial charge < -0.3 is 9.47 Å². The Hall–Kier alpha value is -3.13. The van der Waals surface area contributed by atoms with Gasteiger partial charge in [0, 0.05) is 29.7 Å². The highest BCUT2D eigenvalue weighted by Crippen LogP contribution is 2.42. The first kappa shape index (κ1) is 24.9. The molecule has 9 heteroatoms. The predicted molar refractivity (Wildman–Crippen MR) is 153 cm³/mol. The Bertz CT molecular complexity index is 1550. The van der Waals surface area contributed by atoms with Crippen LogP contribution in [0, 0.1) is 17.8 Å². The van der Waals surface area contributed by atoms with Crippen LogP contribution in [0.4, 0.5) is 5.95 Å². The number of aromatic amines is 1. The van der Waals surface area contributed by atoms with Gasteiger partial charge in [-0.15, -0.1) is 0 Å². The van der Waals surface area contributed by atoms with E-state index in [0.29, 0.717) is 28.5 Å². The van der Waals surface area contributed by atoms with Gasteiger partial charge in [-0.3, -0.25) is 9.51 Å². The van der Waals surface area contributed by atoms with Gasteiger partial charge >= 0.3 is 5.76 Å². The summed E-state index contributed by atoms with van der Waals surface area (Å²) >= 11 is 6.47. The number of piperidine rings is 1. The van der Waals surface area contributed by atoms with Gasteiger partial charge in [-0.25, -0.2) is 14.8 Å². The number of rotatable bonds is 5. The maximum Gasteiger partial charge on any atom is 0.439 e. The lowest BCUT2D eigenvalue weighted by Gasteiger charge is -2.39. The van der Waals surface area contributed by atoms with E-state index >= 15 is 0 Å². The fourth-order valence-corrected chi connectivity index (χ4v) is 7.50. The molecule has 0 amide bonds. The average Bonchev–Trinajstić information content (AvgIpc) is 3.68. The van der Waals surface area contributed by atoms with Gasteiger partial charge in [-0.2, -0.15) is 0 Å². The molecule has 4 aromatic rings. The lowest BCUT2D eigenvalue weighted by atomic mass is 9.83. The van der Waals surface area contributed by atoms with E-state index in [9.17, 15) is 4.79 Å². The number of hydrogen-bond donors (Lipinski definition) is 1. The van der Waals surface area contributed by atoms with E-state index in [1.807, 2.05) is 30.3 Å². The van der Waals surface area contributed by atoms with Crippen molar-refractivity contribution in [3.8, 4) is 22.8 Å². The van der Waals surface area contributed by atoms with Crippen molar-refractivity contribution in [2.45, 2.75) is 77.3 Å². The number of benzene rings is 1. The van der Waals surface area contributed by atoms with Gasteiger partial charge in [0.1, 0.15) is 5.69 Å².